The first kappa shape index (κ1) is 21.4. The highest BCUT2D eigenvalue weighted by atomic mass is 16.5. The van der Waals surface area contributed by atoms with Crippen molar-refractivity contribution in [1.82, 2.24) is 4.90 Å². The molecule has 1 aliphatic rings. The molecule has 7 nitrogen and oxygen atoms in total. The van der Waals surface area contributed by atoms with Crippen molar-refractivity contribution in [1.29, 1.82) is 0 Å². The fourth-order valence-corrected chi connectivity index (χ4v) is 3.85. The average Bonchev–Trinajstić information content (AvgIpc) is 3.12. The minimum absolute atomic E-state index is 0.119. The number of amides is 3. The summed E-state index contributed by atoms with van der Waals surface area (Å²) in [7, 11) is 0. The summed E-state index contributed by atoms with van der Waals surface area (Å²) in [6, 6.07) is 12.8. The van der Waals surface area contributed by atoms with Crippen molar-refractivity contribution in [2.75, 3.05) is 11.9 Å². The van der Waals surface area contributed by atoms with Crippen molar-refractivity contribution in [3.63, 3.8) is 0 Å². The SMILES string of the molecule is CCOC(=O)C1CC(C(N)=O)N(C(=O)Nc2ccc(C)cc2)C1c1ccc(C)cc1. The molecule has 2 aromatic carbocycles. The molecule has 158 valence electrons. The van der Waals surface area contributed by atoms with E-state index < -0.39 is 35.9 Å². The lowest BCUT2D eigenvalue weighted by atomic mass is 9.92. The van der Waals surface area contributed by atoms with Crippen LogP contribution in [0.2, 0.25) is 0 Å². The molecular formula is C23H27N3O4. The Morgan fingerprint density at radius 1 is 1.03 bits per heavy atom. The molecule has 7 heteroatoms. The van der Waals surface area contributed by atoms with Crippen molar-refractivity contribution in [3.8, 4) is 0 Å². The van der Waals surface area contributed by atoms with Crippen LogP contribution in [0.25, 0.3) is 0 Å². The highest BCUT2D eigenvalue weighted by molar-refractivity contribution is 5.95. The molecule has 2 aromatic rings. The first-order valence-corrected chi connectivity index (χ1v) is 10.00. The molecule has 0 radical (unpaired) electrons. The molecule has 0 aromatic heterocycles. The van der Waals surface area contributed by atoms with E-state index in [9.17, 15) is 14.4 Å². The molecule has 3 atom stereocenters. The molecule has 1 aliphatic heterocycles. The number of anilines is 1. The topological polar surface area (TPSA) is 102 Å². The summed E-state index contributed by atoms with van der Waals surface area (Å²) in [6.07, 6.45) is 0.119. The predicted octanol–water partition coefficient (Wildman–Crippen LogP) is 3.32. The molecule has 3 amide bonds. The van der Waals surface area contributed by atoms with Gasteiger partial charge in [-0.15, -0.1) is 0 Å². The quantitative estimate of drug-likeness (QED) is 0.740. The zero-order valence-corrected chi connectivity index (χ0v) is 17.4. The number of carbonyl (C=O) groups excluding carboxylic acids is 3. The molecule has 0 spiro atoms. The fourth-order valence-electron chi connectivity index (χ4n) is 3.85. The number of esters is 1. The fraction of sp³-hybridized carbons (Fsp3) is 0.348. The number of hydrogen-bond donors (Lipinski definition) is 2. The Labute approximate surface area is 176 Å². The third-order valence-corrected chi connectivity index (χ3v) is 5.37. The minimum Gasteiger partial charge on any atom is -0.466 e. The second-order valence-electron chi connectivity index (χ2n) is 7.57. The van der Waals surface area contributed by atoms with E-state index in [0.29, 0.717) is 5.69 Å². The summed E-state index contributed by atoms with van der Waals surface area (Å²) in [6.45, 7) is 5.84. The number of urea groups is 1. The van der Waals surface area contributed by atoms with Crippen LogP contribution in [0, 0.1) is 19.8 Å². The van der Waals surface area contributed by atoms with Crippen LogP contribution >= 0.6 is 0 Å². The molecule has 3 unspecified atom stereocenters. The van der Waals surface area contributed by atoms with Gasteiger partial charge >= 0.3 is 12.0 Å². The molecule has 0 bridgehead atoms. The van der Waals surface area contributed by atoms with Crippen LogP contribution in [0.4, 0.5) is 10.5 Å². The van der Waals surface area contributed by atoms with Gasteiger partial charge in [-0.2, -0.15) is 0 Å². The molecule has 3 N–H and O–H groups in total. The van der Waals surface area contributed by atoms with E-state index in [1.165, 1.54) is 4.90 Å². The summed E-state index contributed by atoms with van der Waals surface area (Å²) in [5.41, 5.74) is 9.08. The molecule has 1 saturated heterocycles. The lowest BCUT2D eigenvalue weighted by molar-refractivity contribution is -0.148. The molecule has 1 heterocycles. The van der Waals surface area contributed by atoms with Gasteiger partial charge in [0.15, 0.2) is 0 Å². The second kappa shape index (κ2) is 8.98. The number of ether oxygens (including phenoxy) is 1. The van der Waals surface area contributed by atoms with Gasteiger partial charge in [0.2, 0.25) is 5.91 Å². The highest BCUT2D eigenvalue weighted by Gasteiger charge is 2.50. The van der Waals surface area contributed by atoms with Gasteiger partial charge in [-0.3, -0.25) is 9.59 Å². The third-order valence-electron chi connectivity index (χ3n) is 5.37. The van der Waals surface area contributed by atoms with Crippen LogP contribution in [0.3, 0.4) is 0 Å². The number of nitrogens with zero attached hydrogens (tertiary/aromatic N) is 1. The van der Waals surface area contributed by atoms with E-state index in [0.717, 1.165) is 16.7 Å². The first-order chi connectivity index (χ1) is 14.3. The lowest BCUT2D eigenvalue weighted by Gasteiger charge is -2.30. The Morgan fingerprint density at radius 2 is 1.60 bits per heavy atom. The van der Waals surface area contributed by atoms with Crippen LogP contribution in [-0.2, 0) is 14.3 Å². The number of rotatable bonds is 5. The molecule has 0 saturated carbocycles. The number of benzene rings is 2. The molecular weight excluding hydrogens is 382 g/mol. The Kier molecular flexibility index (Phi) is 6.40. The minimum atomic E-state index is -0.920. The van der Waals surface area contributed by atoms with E-state index >= 15 is 0 Å². The van der Waals surface area contributed by atoms with E-state index in [4.69, 9.17) is 10.5 Å². The Bertz CT molecular complexity index is 924. The number of hydrogen-bond acceptors (Lipinski definition) is 4. The zero-order chi connectivity index (χ0) is 21.8. The first-order valence-electron chi connectivity index (χ1n) is 10.00. The number of primary amides is 1. The number of nitrogens with one attached hydrogen (secondary N) is 1. The van der Waals surface area contributed by atoms with Crippen molar-refractivity contribution in [2.45, 2.75) is 39.3 Å². The van der Waals surface area contributed by atoms with E-state index in [2.05, 4.69) is 5.32 Å². The Hall–Kier alpha value is -3.35. The van der Waals surface area contributed by atoms with Gasteiger partial charge in [0.05, 0.1) is 18.6 Å². The second-order valence-corrected chi connectivity index (χ2v) is 7.57. The molecule has 3 rings (SSSR count). The molecule has 1 fully saturated rings. The van der Waals surface area contributed by atoms with E-state index in [1.54, 1.807) is 19.1 Å². The number of aryl methyl sites for hydroxylation is 2. The normalized spacial score (nSPS) is 20.6. The summed E-state index contributed by atoms with van der Waals surface area (Å²) in [5, 5.41) is 2.83. The number of likely N-dealkylation sites (tertiary alicyclic amines) is 1. The van der Waals surface area contributed by atoms with E-state index in [-0.39, 0.29) is 13.0 Å². The van der Waals surface area contributed by atoms with Crippen LogP contribution in [-0.4, -0.2) is 35.5 Å². The van der Waals surface area contributed by atoms with Gasteiger partial charge in [-0.05, 0) is 44.9 Å². The zero-order valence-electron chi connectivity index (χ0n) is 17.4. The Morgan fingerprint density at radius 3 is 2.13 bits per heavy atom. The van der Waals surface area contributed by atoms with Crippen LogP contribution in [0.15, 0.2) is 48.5 Å². The number of carbonyl (C=O) groups is 3. The lowest BCUT2D eigenvalue weighted by Crippen LogP contribution is -2.46. The number of nitrogens with two attached hydrogens (primary N) is 1. The maximum Gasteiger partial charge on any atom is 0.323 e. The van der Waals surface area contributed by atoms with Crippen molar-refractivity contribution in [2.24, 2.45) is 11.7 Å². The average molecular weight is 409 g/mol. The van der Waals surface area contributed by atoms with Crippen LogP contribution in [0.5, 0.6) is 0 Å². The molecule has 0 aliphatic carbocycles. The largest absolute Gasteiger partial charge is 0.466 e. The highest BCUT2D eigenvalue weighted by Crippen LogP contribution is 2.42. The predicted molar refractivity (Wildman–Crippen MR) is 114 cm³/mol. The standard InChI is InChI=1S/C23H27N3O4/c1-4-30-22(28)18-13-19(21(24)27)26(20(18)16-9-5-14(2)6-10-16)23(29)25-17-11-7-15(3)8-12-17/h5-12,18-20H,4,13H2,1-3H3,(H2,24,27)(H,25,29). The van der Waals surface area contributed by atoms with Gasteiger partial charge in [-0.1, -0.05) is 47.5 Å². The smallest absolute Gasteiger partial charge is 0.323 e. The Balaban J connectivity index is 2.00. The van der Waals surface area contributed by atoms with Crippen LogP contribution < -0.4 is 11.1 Å². The molecule has 30 heavy (non-hydrogen) atoms. The van der Waals surface area contributed by atoms with Crippen molar-refractivity contribution < 1.29 is 19.1 Å². The summed E-state index contributed by atoms with van der Waals surface area (Å²) >= 11 is 0. The van der Waals surface area contributed by atoms with Crippen LogP contribution in [0.1, 0.15) is 36.1 Å². The van der Waals surface area contributed by atoms with Gasteiger partial charge in [-0.25, -0.2) is 4.79 Å². The van der Waals surface area contributed by atoms with E-state index in [1.807, 2.05) is 50.2 Å². The monoisotopic (exact) mass is 409 g/mol. The maximum absolute atomic E-state index is 13.2. The van der Waals surface area contributed by atoms with Gasteiger partial charge in [0.1, 0.15) is 6.04 Å². The van der Waals surface area contributed by atoms with Crippen molar-refractivity contribution in [3.05, 3.63) is 65.2 Å². The van der Waals surface area contributed by atoms with Gasteiger partial charge in [0, 0.05) is 5.69 Å². The third kappa shape index (κ3) is 4.45. The van der Waals surface area contributed by atoms with Crippen molar-refractivity contribution >= 4 is 23.6 Å². The summed E-state index contributed by atoms with van der Waals surface area (Å²) in [5.74, 6) is -1.79. The van der Waals surface area contributed by atoms with Gasteiger partial charge in [0.25, 0.3) is 0 Å². The maximum atomic E-state index is 13.2. The van der Waals surface area contributed by atoms with Gasteiger partial charge < -0.3 is 20.7 Å². The summed E-state index contributed by atoms with van der Waals surface area (Å²) in [4.78, 5) is 39.5. The summed E-state index contributed by atoms with van der Waals surface area (Å²) < 4.78 is 5.24.